The van der Waals surface area contributed by atoms with Crippen LogP contribution in [0.15, 0.2) is 11.1 Å². The van der Waals surface area contributed by atoms with Gasteiger partial charge in [-0.05, 0) is 13.1 Å². The molecule has 0 aromatic carbocycles. The van der Waals surface area contributed by atoms with E-state index in [0.29, 0.717) is 0 Å². The Morgan fingerprint density at radius 3 is 2.50 bits per heavy atom. The summed E-state index contributed by atoms with van der Waals surface area (Å²) in [5.74, 6) is 0. The summed E-state index contributed by atoms with van der Waals surface area (Å²) in [6.07, 6.45) is 2.89. The first kappa shape index (κ1) is 6.46. The van der Waals surface area contributed by atoms with Crippen LogP contribution in [0, 0.1) is 0 Å². The third kappa shape index (κ3) is 4.46. The van der Waals surface area contributed by atoms with Gasteiger partial charge in [-0.2, -0.15) is 0 Å². The molecule has 0 aromatic heterocycles. The standard InChI is InChI=1S/C4H8ClP/c1-4(5)2-3-6/h2H,3,6H2,1H3. The Bertz CT molecular complexity index is 54.6. The van der Waals surface area contributed by atoms with Gasteiger partial charge in [-0.15, -0.1) is 9.24 Å². The predicted octanol–water partition coefficient (Wildman–Crippen LogP) is 2.00. The van der Waals surface area contributed by atoms with Gasteiger partial charge in [0.15, 0.2) is 0 Å². The monoisotopic (exact) mass is 122 g/mol. The Kier molecular flexibility index (Phi) is 3.92. The van der Waals surface area contributed by atoms with E-state index in [1.54, 1.807) is 0 Å². The van der Waals surface area contributed by atoms with Crippen LogP contribution in [0.3, 0.4) is 0 Å². The number of allylic oxidation sites excluding steroid dienone is 2. The zero-order valence-corrected chi connectivity index (χ0v) is 5.65. The minimum Gasteiger partial charge on any atom is -0.134 e. The smallest absolute Gasteiger partial charge is 0.0113 e. The number of halogens is 1. The summed E-state index contributed by atoms with van der Waals surface area (Å²) in [6.45, 7) is 1.87. The minimum atomic E-state index is 0.866. The lowest BCUT2D eigenvalue weighted by Crippen LogP contribution is -1.58. The summed E-state index contributed by atoms with van der Waals surface area (Å²) < 4.78 is 0. The highest BCUT2D eigenvalue weighted by atomic mass is 35.5. The van der Waals surface area contributed by atoms with Crippen LogP contribution in [0.4, 0.5) is 0 Å². The highest BCUT2D eigenvalue weighted by molar-refractivity contribution is 7.16. The summed E-state index contributed by atoms with van der Waals surface area (Å²) in [4.78, 5) is 0. The first-order valence-electron chi connectivity index (χ1n) is 1.79. The van der Waals surface area contributed by atoms with E-state index in [1.165, 1.54) is 0 Å². The fourth-order valence-corrected chi connectivity index (χ4v) is 0.754. The van der Waals surface area contributed by atoms with Crippen LogP contribution >= 0.6 is 20.8 Å². The van der Waals surface area contributed by atoms with Gasteiger partial charge in [-0.25, -0.2) is 0 Å². The van der Waals surface area contributed by atoms with Gasteiger partial charge in [-0.1, -0.05) is 17.7 Å². The molecule has 36 valence electrons. The SMILES string of the molecule is CC(Cl)=CCP. The average molecular weight is 123 g/mol. The first-order chi connectivity index (χ1) is 2.77. The fraction of sp³-hybridized carbons (Fsp3) is 0.500. The van der Waals surface area contributed by atoms with E-state index in [1.807, 2.05) is 13.0 Å². The molecule has 0 amide bonds. The minimum absolute atomic E-state index is 0.866. The summed E-state index contributed by atoms with van der Waals surface area (Å²) in [5, 5.41) is 0.866. The summed E-state index contributed by atoms with van der Waals surface area (Å²) in [6, 6.07) is 0. The van der Waals surface area contributed by atoms with Crippen molar-refractivity contribution in [2.24, 2.45) is 0 Å². The van der Waals surface area contributed by atoms with Crippen molar-refractivity contribution in [1.29, 1.82) is 0 Å². The average Bonchev–Trinajstić information content (AvgIpc) is 1.35. The number of rotatable bonds is 1. The normalized spacial score (nSPS) is 12.2. The third-order valence-corrected chi connectivity index (χ3v) is 0.789. The van der Waals surface area contributed by atoms with E-state index < -0.39 is 0 Å². The molecule has 2 heteroatoms. The highest BCUT2D eigenvalue weighted by Gasteiger charge is 1.70. The molecule has 0 aliphatic carbocycles. The molecule has 0 aliphatic rings. The maximum atomic E-state index is 5.43. The zero-order valence-electron chi connectivity index (χ0n) is 3.74. The van der Waals surface area contributed by atoms with Gasteiger partial charge >= 0.3 is 0 Å². The predicted molar refractivity (Wildman–Crippen MR) is 34.2 cm³/mol. The Hall–Kier alpha value is 0.460. The van der Waals surface area contributed by atoms with Crippen molar-refractivity contribution < 1.29 is 0 Å². The van der Waals surface area contributed by atoms with Crippen LogP contribution in [0.25, 0.3) is 0 Å². The molecule has 0 saturated heterocycles. The molecule has 0 spiro atoms. The topological polar surface area (TPSA) is 0 Å². The van der Waals surface area contributed by atoms with Crippen LogP contribution in [0.5, 0.6) is 0 Å². The molecule has 0 nitrogen and oxygen atoms in total. The van der Waals surface area contributed by atoms with Crippen molar-refractivity contribution in [1.82, 2.24) is 0 Å². The van der Waals surface area contributed by atoms with Crippen molar-refractivity contribution in [3.8, 4) is 0 Å². The van der Waals surface area contributed by atoms with E-state index in [2.05, 4.69) is 9.24 Å². The van der Waals surface area contributed by atoms with Gasteiger partial charge in [0.05, 0.1) is 0 Å². The number of hydrogen-bond donors (Lipinski definition) is 0. The second-order valence-corrected chi connectivity index (χ2v) is 2.09. The van der Waals surface area contributed by atoms with Crippen molar-refractivity contribution in [2.45, 2.75) is 6.92 Å². The molecule has 0 bridgehead atoms. The van der Waals surface area contributed by atoms with E-state index in [0.717, 1.165) is 11.2 Å². The van der Waals surface area contributed by atoms with Gasteiger partial charge in [0.2, 0.25) is 0 Å². The van der Waals surface area contributed by atoms with Gasteiger partial charge in [0.25, 0.3) is 0 Å². The maximum absolute atomic E-state index is 5.43. The Balaban J connectivity index is 3.14. The summed E-state index contributed by atoms with van der Waals surface area (Å²) >= 11 is 5.43. The second-order valence-electron chi connectivity index (χ2n) is 1.03. The quantitative estimate of drug-likeness (QED) is 0.467. The van der Waals surface area contributed by atoms with Crippen molar-refractivity contribution in [3.63, 3.8) is 0 Å². The lowest BCUT2D eigenvalue weighted by Gasteiger charge is -1.77. The molecule has 1 atom stereocenters. The summed E-state index contributed by atoms with van der Waals surface area (Å²) in [5.41, 5.74) is 0. The zero-order chi connectivity index (χ0) is 4.99. The molecular weight excluding hydrogens is 114 g/mol. The highest BCUT2D eigenvalue weighted by Crippen LogP contribution is 1.97. The van der Waals surface area contributed by atoms with E-state index in [4.69, 9.17) is 11.6 Å². The van der Waals surface area contributed by atoms with Gasteiger partial charge in [0.1, 0.15) is 0 Å². The molecule has 0 rings (SSSR count). The Morgan fingerprint density at radius 2 is 2.50 bits per heavy atom. The second kappa shape index (κ2) is 3.64. The lowest BCUT2D eigenvalue weighted by molar-refractivity contribution is 1.60. The maximum Gasteiger partial charge on any atom is 0.0113 e. The molecule has 0 fully saturated rings. The molecule has 6 heavy (non-hydrogen) atoms. The molecule has 1 unspecified atom stereocenters. The van der Waals surface area contributed by atoms with Crippen LogP contribution < -0.4 is 0 Å². The van der Waals surface area contributed by atoms with E-state index in [-0.39, 0.29) is 0 Å². The van der Waals surface area contributed by atoms with Crippen LogP contribution in [0.1, 0.15) is 6.92 Å². The van der Waals surface area contributed by atoms with Gasteiger partial charge in [-0.3, -0.25) is 0 Å². The number of hydrogen-bond acceptors (Lipinski definition) is 0. The van der Waals surface area contributed by atoms with Gasteiger partial charge < -0.3 is 0 Å². The van der Waals surface area contributed by atoms with Gasteiger partial charge in [0, 0.05) is 5.03 Å². The van der Waals surface area contributed by atoms with Crippen LogP contribution in [-0.2, 0) is 0 Å². The van der Waals surface area contributed by atoms with Crippen molar-refractivity contribution in [3.05, 3.63) is 11.1 Å². The Morgan fingerprint density at radius 1 is 2.00 bits per heavy atom. The molecular formula is C4H8ClP. The van der Waals surface area contributed by atoms with Crippen LogP contribution in [0.2, 0.25) is 0 Å². The Labute approximate surface area is 45.8 Å². The van der Waals surface area contributed by atoms with E-state index >= 15 is 0 Å². The molecule has 0 saturated carbocycles. The molecule has 0 heterocycles. The molecule has 0 N–H and O–H groups in total. The lowest BCUT2D eigenvalue weighted by atomic mass is 10.6. The molecule has 0 radical (unpaired) electrons. The first-order valence-corrected chi connectivity index (χ1v) is 2.99. The largest absolute Gasteiger partial charge is 0.134 e. The van der Waals surface area contributed by atoms with Crippen molar-refractivity contribution in [2.75, 3.05) is 6.16 Å². The third-order valence-electron chi connectivity index (χ3n) is 0.399. The molecule has 0 aromatic rings. The molecule has 0 aliphatic heterocycles. The fourth-order valence-electron chi connectivity index (χ4n) is 0.162. The summed E-state index contributed by atoms with van der Waals surface area (Å²) in [7, 11) is 2.56. The van der Waals surface area contributed by atoms with E-state index in [9.17, 15) is 0 Å². The van der Waals surface area contributed by atoms with Crippen LogP contribution in [-0.4, -0.2) is 6.16 Å². The van der Waals surface area contributed by atoms with Crippen molar-refractivity contribution >= 4 is 20.8 Å².